The van der Waals surface area contributed by atoms with Crippen LogP contribution in [0.25, 0.3) is 11.1 Å². The number of nitrogens with zero attached hydrogens (tertiary/aromatic N) is 4. The van der Waals surface area contributed by atoms with E-state index in [1.807, 2.05) is 0 Å². The summed E-state index contributed by atoms with van der Waals surface area (Å²) < 4.78 is 0. The van der Waals surface area contributed by atoms with E-state index in [0.29, 0.717) is 0 Å². The second kappa shape index (κ2) is 17.0. The Kier molecular flexibility index (Phi) is 11.1. The maximum absolute atomic E-state index is 2.69. The minimum absolute atomic E-state index is 0.0102. The Balaban J connectivity index is 1.23. The van der Waals surface area contributed by atoms with Gasteiger partial charge in [-0.2, -0.15) is 0 Å². The first kappa shape index (κ1) is 48.9. The van der Waals surface area contributed by atoms with Crippen LogP contribution >= 0.6 is 0 Å². The molecule has 12 rings (SSSR count). The molecule has 8 aromatic carbocycles. The van der Waals surface area contributed by atoms with Gasteiger partial charge in [0.15, 0.2) is 0 Å². The highest BCUT2D eigenvalue weighted by atomic mass is 15.3. The molecule has 2 aliphatic carbocycles. The highest BCUT2D eigenvalue weighted by molar-refractivity contribution is 6.15. The molecule has 2 heterocycles. The predicted octanol–water partition coefficient (Wildman–Crippen LogP) is 20.3. The Morgan fingerprint density at radius 3 is 1.20 bits per heavy atom. The third kappa shape index (κ3) is 8.44. The van der Waals surface area contributed by atoms with Crippen LogP contribution in [0.1, 0.15) is 135 Å². The van der Waals surface area contributed by atoms with Crippen LogP contribution in [0.3, 0.4) is 0 Å². The van der Waals surface area contributed by atoms with Gasteiger partial charge in [-0.25, -0.2) is 0 Å². The van der Waals surface area contributed by atoms with Gasteiger partial charge in [0.25, 0.3) is 0 Å². The number of aryl methyl sites for hydroxylation is 1. The van der Waals surface area contributed by atoms with Gasteiger partial charge in [0.1, 0.15) is 0 Å². The first-order chi connectivity index (χ1) is 35.4. The van der Waals surface area contributed by atoms with Crippen molar-refractivity contribution in [3.8, 4) is 11.1 Å². The van der Waals surface area contributed by atoms with Crippen molar-refractivity contribution in [2.24, 2.45) is 10.8 Å². The average Bonchev–Trinajstić information content (AvgIpc) is 3.87. The predicted molar refractivity (Wildman–Crippen MR) is 321 cm³/mol. The van der Waals surface area contributed by atoms with E-state index in [-0.39, 0.29) is 27.1 Å². The summed E-state index contributed by atoms with van der Waals surface area (Å²) in [6.45, 7) is 32.9. The van der Waals surface area contributed by atoms with Crippen LogP contribution in [0.15, 0.2) is 158 Å². The SMILES string of the molecule is Cc1ccccc1N1c2cc3c(cc2N2c4cc5c(cc4N(c4ccc(C(C)(C)C)cc4-c4ccccc4)c4cc(N(c6ccc(C(C)(C)C)cc6)c6ccc(C(C)(C)C)cc6)cc1c42)CC(C)(C)C5)CC(C)(C)C3. The van der Waals surface area contributed by atoms with Crippen molar-refractivity contribution in [3.63, 3.8) is 0 Å². The highest BCUT2D eigenvalue weighted by Crippen LogP contribution is 2.67. The molecule has 0 amide bonds. The van der Waals surface area contributed by atoms with Crippen LogP contribution in [0.5, 0.6) is 0 Å². The summed E-state index contributed by atoms with van der Waals surface area (Å²) in [4.78, 5) is 10.5. The maximum Gasteiger partial charge on any atom is 0.0949 e. The van der Waals surface area contributed by atoms with Gasteiger partial charge in [0, 0.05) is 22.6 Å². The number of hydrogen-bond acceptors (Lipinski definition) is 4. The van der Waals surface area contributed by atoms with E-state index in [1.165, 1.54) is 95.4 Å². The molecule has 0 fully saturated rings. The average molecular weight is 985 g/mol. The van der Waals surface area contributed by atoms with Gasteiger partial charge < -0.3 is 19.6 Å². The van der Waals surface area contributed by atoms with E-state index >= 15 is 0 Å². The minimum atomic E-state index is -0.0533. The lowest BCUT2D eigenvalue weighted by atomic mass is 9.84. The number of anilines is 12. The van der Waals surface area contributed by atoms with Crippen molar-refractivity contribution in [1.29, 1.82) is 0 Å². The lowest BCUT2D eigenvalue weighted by molar-refractivity contribution is 0.392. The number of fused-ring (bicyclic) bond motifs is 6. The fourth-order valence-corrected chi connectivity index (χ4v) is 12.9. The second-order valence-corrected chi connectivity index (χ2v) is 27.2. The van der Waals surface area contributed by atoms with Crippen molar-refractivity contribution in [2.45, 2.75) is 139 Å². The van der Waals surface area contributed by atoms with Gasteiger partial charge >= 0.3 is 0 Å². The molecule has 0 N–H and O–H groups in total. The summed E-state index contributed by atoms with van der Waals surface area (Å²) in [5.41, 5.74) is 27.9. The zero-order valence-corrected chi connectivity index (χ0v) is 47.1. The summed E-state index contributed by atoms with van der Waals surface area (Å²) in [7, 11) is 0. The van der Waals surface area contributed by atoms with E-state index in [0.717, 1.165) is 54.1 Å². The summed E-state index contributed by atoms with van der Waals surface area (Å²) in [5, 5.41) is 0. The Morgan fingerprint density at radius 2 is 0.760 bits per heavy atom. The Labute approximate surface area is 448 Å². The smallest absolute Gasteiger partial charge is 0.0949 e. The molecule has 2 aliphatic heterocycles. The largest absolute Gasteiger partial charge is 0.310 e. The fourth-order valence-electron chi connectivity index (χ4n) is 12.9. The number of para-hydroxylation sites is 1. The molecule has 75 heavy (non-hydrogen) atoms. The highest BCUT2D eigenvalue weighted by Gasteiger charge is 2.44. The van der Waals surface area contributed by atoms with Crippen molar-refractivity contribution in [1.82, 2.24) is 0 Å². The van der Waals surface area contributed by atoms with Crippen LogP contribution in [0.4, 0.5) is 68.2 Å². The third-order valence-electron chi connectivity index (χ3n) is 16.8. The van der Waals surface area contributed by atoms with Crippen molar-refractivity contribution in [2.75, 3.05) is 19.6 Å². The van der Waals surface area contributed by atoms with Crippen LogP contribution in [0, 0.1) is 17.8 Å². The Morgan fingerprint density at radius 1 is 0.360 bits per heavy atom. The molecule has 8 aromatic rings. The molecule has 0 spiro atoms. The summed E-state index contributed by atoms with van der Waals surface area (Å²) in [6.07, 6.45) is 4.20. The van der Waals surface area contributed by atoms with Crippen LogP contribution < -0.4 is 19.6 Å². The summed E-state index contributed by atoms with van der Waals surface area (Å²) in [6, 6.07) is 61.5. The Bertz CT molecular complexity index is 3500. The molecule has 0 saturated carbocycles. The Hall–Kier alpha value is -7.04. The van der Waals surface area contributed by atoms with E-state index in [1.54, 1.807) is 0 Å². The summed E-state index contributed by atoms with van der Waals surface area (Å²) >= 11 is 0. The van der Waals surface area contributed by atoms with E-state index in [2.05, 4.69) is 274 Å². The van der Waals surface area contributed by atoms with E-state index < -0.39 is 0 Å². The van der Waals surface area contributed by atoms with Crippen LogP contribution in [-0.4, -0.2) is 0 Å². The molecule has 0 unspecified atom stereocenters. The number of rotatable bonds is 6. The normalized spacial score (nSPS) is 16.1. The lowest BCUT2D eigenvalue weighted by Gasteiger charge is -2.48. The van der Waals surface area contributed by atoms with E-state index in [4.69, 9.17) is 0 Å². The number of benzene rings is 8. The molecular formula is C71H76N4. The molecule has 4 aliphatic rings. The van der Waals surface area contributed by atoms with Gasteiger partial charge in [-0.05, 0) is 189 Å². The summed E-state index contributed by atoms with van der Waals surface area (Å²) in [5.74, 6) is 0. The standard InChI is InChI=1S/C71H76N4/c1-45-20-18-19-23-58(45)73-60-34-47-41-70(11,12)43-49(47)36-62(60)75-63-37-50-44-71(13,14)42-48(50)35-61(63)74(59-33-28-53(69(8,9)10)38-57(59)46-21-16-15-17-22-46)65-40-56(39-64(73)66(65)75)72(54-29-24-51(25-30-54)67(2,3)4)55-31-26-52(27-32-55)68(5,6)7/h15-40H,41-44H2,1-14H3. The fraction of sp³-hybridized carbons (Fsp3) is 0.324. The zero-order chi connectivity index (χ0) is 52.7. The first-order valence-corrected chi connectivity index (χ1v) is 27.6. The zero-order valence-electron chi connectivity index (χ0n) is 47.1. The number of hydrogen-bond donors (Lipinski definition) is 0. The first-order valence-electron chi connectivity index (χ1n) is 27.6. The van der Waals surface area contributed by atoms with Gasteiger partial charge in [-0.1, -0.05) is 169 Å². The molecule has 4 heteroatoms. The van der Waals surface area contributed by atoms with Crippen molar-refractivity contribution in [3.05, 3.63) is 202 Å². The molecule has 380 valence electrons. The molecule has 0 atom stereocenters. The minimum Gasteiger partial charge on any atom is -0.310 e. The monoisotopic (exact) mass is 985 g/mol. The van der Waals surface area contributed by atoms with Gasteiger partial charge in [-0.15, -0.1) is 0 Å². The molecule has 0 aromatic heterocycles. The van der Waals surface area contributed by atoms with Gasteiger partial charge in [0.2, 0.25) is 0 Å². The molecular weight excluding hydrogens is 909 g/mol. The van der Waals surface area contributed by atoms with Crippen molar-refractivity contribution < 1.29 is 0 Å². The van der Waals surface area contributed by atoms with Crippen LogP contribution in [-0.2, 0) is 41.9 Å². The van der Waals surface area contributed by atoms with Crippen molar-refractivity contribution >= 4 is 68.2 Å². The molecule has 0 bridgehead atoms. The quantitative estimate of drug-likeness (QED) is 0.165. The topological polar surface area (TPSA) is 13.0 Å². The molecule has 0 saturated heterocycles. The maximum atomic E-state index is 2.69. The van der Waals surface area contributed by atoms with E-state index in [9.17, 15) is 0 Å². The van der Waals surface area contributed by atoms with Gasteiger partial charge in [0.05, 0.1) is 51.2 Å². The van der Waals surface area contributed by atoms with Crippen LogP contribution in [0.2, 0.25) is 0 Å². The third-order valence-corrected chi connectivity index (χ3v) is 16.8. The molecule has 4 nitrogen and oxygen atoms in total. The molecule has 0 radical (unpaired) electrons. The van der Waals surface area contributed by atoms with Gasteiger partial charge in [-0.3, -0.25) is 0 Å². The second-order valence-electron chi connectivity index (χ2n) is 27.2. The lowest BCUT2D eigenvalue weighted by Crippen LogP contribution is -2.31.